The van der Waals surface area contributed by atoms with Crippen molar-refractivity contribution in [3.05, 3.63) is 59.4 Å². The van der Waals surface area contributed by atoms with E-state index in [2.05, 4.69) is 61.2 Å². The molecule has 1 heterocycles. The number of pyridine rings is 1. The molecular formula is C20H27N3. The van der Waals surface area contributed by atoms with Gasteiger partial charge < -0.3 is 5.32 Å². The molecule has 3 nitrogen and oxygen atoms in total. The molecule has 0 aliphatic carbocycles. The monoisotopic (exact) mass is 309 g/mol. The smallest absolute Gasteiger partial charge is 0.0868 e. The zero-order valence-electron chi connectivity index (χ0n) is 14.6. The SMILES string of the molecule is CC(C)c1cccc(C(C)C)c1NC=NCCc1ccccn1. The lowest BCUT2D eigenvalue weighted by molar-refractivity contribution is 0.839. The van der Waals surface area contributed by atoms with E-state index in [1.165, 1.54) is 16.8 Å². The van der Waals surface area contributed by atoms with Gasteiger partial charge >= 0.3 is 0 Å². The molecular weight excluding hydrogens is 282 g/mol. The van der Waals surface area contributed by atoms with Crippen LogP contribution < -0.4 is 5.32 Å². The highest BCUT2D eigenvalue weighted by atomic mass is 14.9. The standard InChI is InChI=1S/C20H27N3/c1-15(2)18-9-7-10-19(16(3)4)20(18)23-14-21-13-11-17-8-5-6-12-22-17/h5-10,12,14-16H,11,13H2,1-4H3,(H,21,23). The first-order valence-electron chi connectivity index (χ1n) is 8.37. The third-order valence-electron chi connectivity index (χ3n) is 3.90. The molecule has 1 aromatic carbocycles. The summed E-state index contributed by atoms with van der Waals surface area (Å²) in [5.74, 6) is 0.969. The van der Waals surface area contributed by atoms with Gasteiger partial charge in [-0.2, -0.15) is 0 Å². The van der Waals surface area contributed by atoms with Gasteiger partial charge in [0.2, 0.25) is 0 Å². The Balaban J connectivity index is 2.03. The number of hydrogen-bond donors (Lipinski definition) is 1. The van der Waals surface area contributed by atoms with E-state index in [4.69, 9.17) is 0 Å². The molecule has 0 aliphatic rings. The fraction of sp³-hybridized carbons (Fsp3) is 0.400. The lowest BCUT2D eigenvalue weighted by Crippen LogP contribution is -2.06. The van der Waals surface area contributed by atoms with Gasteiger partial charge in [-0.05, 0) is 35.1 Å². The Bertz CT molecular complexity index is 604. The largest absolute Gasteiger partial charge is 0.346 e. The zero-order valence-corrected chi connectivity index (χ0v) is 14.6. The van der Waals surface area contributed by atoms with Crippen LogP contribution in [0.3, 0.4) is 0 Å². The molecule has 0 unspecified atom stereocenters. The Morgan fingerprint density at radius 2 is 1.70 bits per heavy atom. The summed E-state index contributed by atoms with van der Waals surface area (Å²) >= 11 is 0. The molecule has 2 rings (SSSR count). The number of nitrogens with one attached hydrogen (secondary N) is 1. The van der Waals surface area contributed by atoms with E-state index in [1.54, 1.807) is 0 Å². The molecule has 1 aromatic heterocycles. The van der Waals surface area contributed by atoms with Crippen molar-refractivity contribution < 1.29 is 0 Å². The second kappa shape index (κ2) is 8.47. The average molecular weight is 309 g/mol. The number of anilines is 1. The van der Waals surface area contributed by atoms with Crippen molar-refractivity contribution in [3.8, 4) is 0 Å². The molecule has 0 aliphatic heterocycles. The van der Waals surface area contributed by atoms with E-state index in [1.807, 2.05) is 30.7 Å². The fourth-order valence-corrected chi connectivity index (χ4v) is 2.62. The van der Waals surface area contributed by atoms with Crippen molar-refractivity contribution in [1.82, 2.24) is 4.98 Å². The summed E-state index contributed by atoms with van der Waals surface area (Å²) in [5.41, 5.74) is 4.97. The third-order valence-corrected chi connectivity index (χ3v) is 3.90. The van der Waals surface area contributed by atoms with Crippen LogP contribution in [-0.2, 0) is 6.42 Å². The number of para-hydroxylation sites is 1. The van der Waals surface area contributed by atoms with Crippen molar-refractivity contribution >= 4 is 12.0 Å². The van der Waals surface area contributed by atoms with Crippen LogP contribution in [0.15, 0.2) is 47.6 Å². The highest BCUT2D eigenvalue weighted by molar-refractivity contribution is 5.80. The molecule has 3 heteroatoms. The van der Waals surface area contributed by atoms with E-state index >= 15 is 0 Å². The van der Waals surface area contributed by atoms with Crippen LogP contribution in [0.1, 0.15) is 56.4 Å². The van der Waals surface area contributed by atoms with Gasteiger partial charge in [0.15, 0.2) is 0 Å². The van der Waals surface area contributed by atoms with Gasteiger partial charge in [-0.15, -0.1) is 0 Å². The maximum Gasteiger partial charge on any atom is 0.0868 e. The van der Waals surface area contributed by atoms with Gasteiger partial charge in [0.1, 0.15) is 0 Å². The topological polar surface area (TPSA) is 37.3 Å². The lowest BCUT2D eigenvalue weighted by Gasteiger charge is -2.19. The molecule has 1 N–H and O–H groups in total. The van der Waals surface area contributed by atoms with Gasteiger partial charge in [-0.3, -0.25) is 9.98 Å². The van der Waals surface area contributed by atoms with Crippen molar-refractivity contribution in [2.75, 3.05) is 11.9 Å². The Morgan fingerprint density at radius 1 is 1.00 bits per heavy atom. The van der Waals surface area contributed by atoms with Gasteiger partial charge in [-0.25, -0.2) is 0 Å². The summed E-state index contributed by atoms with van der Waals surface area (Å²) in [4.78, 5) is 8.80. The molecule has 0 amide bonds. The minimum absolute atomic E-state index is 0.484. The molecule has 122 valence electrons. The average Bonchev–Trinajstić information content (AvgIpc) is 2.55. The molecule has 0 saturated carbocycles. The van der Waals surface area contributed by atoms with Gasteiger partial charge in [0, 0.05) is 30.5 Å². The number of aliphatic imine (C=N–C) groups is 1. The molecule has 0 fully saturated rings. The van der Waals surface area contributed by atoms with E-state index in [9.17, 15) is 0 Å². The number of hydrogen-bond acceptors (Lipinski definition) is 2. The Hall–Kier alpha value is -2.16. The maximum atomic E-state index is 4.49. The highest BCUT2D eigenvalue weighted by Gasteiger charge is 2.12. The molecule has 0 atom stereocenters. The van der Waals surface area contributed by atoms with Gasteiger partial charge in [0.05, 0.1) is 6.34 Å². The first-order chi connectivity index (χ1) is 11.1. The summed E-state index contributed by atoms with van der Waals surface area (Å²) < 4.78 is 0. The van der Waals surface area contributed by atoms with Gasteiger partial charge in [0.25, 0.3) is 0 Å². The second-order valence-electron chi connectivity index (χ2n) is 6.37. The zero-order chi connectivity index (χ0) is 16.7. The lowest BCUT2D eigenvalue weighted by atomic mass is 9.93. The molecule has 2 aromatic rings. The van der Waals surface area contributed by atoms with Crippen molar-refractivity contribution in [1.29, 1.82) is 0 Å². The van der Waals surface area contributed by atoms with E-state index in [-0.39, 0.29) is 0 Å². The molecule has 0 radical (unpaired) electrons. The van der Waals surface area contributed by atoms with Crippen LogP contribution in [0.25, 0.3) is 0 Å². The first-order valence-corrected chi connectivity index (χ1v) is 8.37. The quantitative estimate of drug-likeness (QED) is 0.576. The second-order valence-corrected chi connectivity index (χ2v) is 6.37. The van der Waals surface area contributed by atoms with Crippen LogP contribution in [0, 0.1) is 0 Å². The summed E-state index contributed by atoms with van der Waals surface area (Å²) in [7, 11) is 0. The molecule has 0 spiro atoms. The third kappa shape index (κ3) is 4.92. The van der Waals surface area contributed by atoms with Gasteiger partial charge in [-0.1, -0.05) is 52.0 Å². The predicted octanol–water partition coefficient (Wildman–Crippen LogP) is 5.01. The van der Waals surface area contributed by atoms with Crippen LogP contribution in [-0.4, -0.2) is 17.9 Å². The van der Waals surface area contributed by atoms with Crippen LogP contribution in [0.5, 0.6) is 0 Å². The molecule has 0 saturated heterocycles. The molecule has 23 heavy (non-hydrogen) atoms. The number of nitrogens with zero attached hydrogens (tertiary/aromatic N) is 2. The molecule has 0 bridgehead atoms. The summed E-state index contributed by atoms with van der Waals surface area (Å²) in [5, 5.41) is 3.42. The fourth-order valence-electron chi connectivity index (χ4n) is 2.62. The van der Waals surface area contributed by atoms with Crippen molar-refractivity contribution in [2.45, 2.75) is 46.0 Å². The Morgan fingerprint density at radius 3 is 2.26 bits per heavy atom. The highest BCUT2D eigenvalue weighted by Crippen LogP contribution is 2.31. The van der Waals surface area contributed by atoms with Crippen molar-refractivity contribution in [3.63, 3.8) is 0 Å². The predicted molar refractivity (Wildman–Crippen MR) is 99.5 cm³/mol. The van der Waals surface area contributed by atoms with Crippen molar-refractivity contribution in [2.24, 2.45) is 4.99 Å². The number of rotatable bonds is 7. The summed E-state index contributed by atoms with van der Waals surface area (Å²) in [6.45, 7) is 9.64. The minimum atomic E-state index is 0.484. The van der Waals surface area contributed by atoms with Crippen LogP contribution >= 0.6 is 0 Å². The normalized spacial score (nSPS) is 11.6. The van der Waals surface area contributed by atoms with E-state index in [0.29, 0.717) is 11.8 Å². The summed E-state index contributed by atoms with van der Waals surface area (Å²) in [6, 6.07) is 12.5. The number of benzene rings is 1. The van der Waals surface area contributed by atoms with E-state index in [0.717, 1.165) is 18.7 Å². The Labute approximate surface area is 139 Å². The Kier molecular flexibility index (Phi) is 6.33. The minimum Gasteiger partial charge on any atom is -0.346 e. The maximum absolute atomic E-state index is 4.49. The van der Waals surface area contributed by atoms with Crippen LogP contribution in [0.4, 0.5) is 5.69 Å². The van der Waals surface area contributed by atoms with E-state index < -0.39 is 0 Å². The van der Waals surface area contributed by atoms with Crippen LogP contribution in [0.2, 0.25) is 0 Å². The number of aromatic nitrogens is 1. The summed E-state index contributed by atoms with van der Waals surface area (Å²) in [6.07, 6.45) is 4.52. The first kappa shape index (κ1) is 17.2.